The van der Waals surface area contributed by atoms with Crippen molar-refractivity contribution in [3.05, 3.63) is 280 Å². The number of amides is 2. The second-order valence-corrected chi connectivity index (χ2v) is 20.9. The molecule has 0 spiro atoms. The van der Waals surface area contributed by atoms with Gasteiger partial charge < -0.3 is 10.6 Å². The van der Waals surface area contributed by atoms with Gasteiger partial charge in [-0.05, 0) is 125 Å². The standard InChI is InChI=1S/C43H32F3N5O.C25H19F3N4O/c1-28(29-17-19-35(20-18-29)43(44,45)46)48-41(52)38-25-31-26-39-36(27-37(31)49-38)40(30-21-23-47-24-22-30)50-51(39)42(32-11-5-2-6-12-32,33-13-7-3-8-14-33)34-15-9-4-10-16-34;1-14(15-2-4-19(5-3-15)25(26,27)28)31-24(33)22-11-17-10-18-13-30-23(16-6-8-29-9-7-16)20(18)12-21(17)32-22/h2-24,26-28H,25H2,1H3,(H,48,52);2-10,12,14H,11,13H2,1H3,(H,31,33)/t28-;14-/m11/s1. The van der Waals surface area contributed by atoms with Crippen molar-refractivity contribution in [3.63, 3.8) is 0 Å². The van der Waals surface area contributed by atoms with Gasteiger partial charge in [0.2, 0.25) is 0 Å². The van der Waals surface area contributed by atoms with E-state index in [1.807, 2.05) is 97.1 Å². The Morgan fingerprint density at radius 1 is 0.494 bits per heavy atom. The number of nitrogens with one attached hydrogen (secondary N) is 2. The van der Waals surface area contributed by atoms with Gasteiger partial charge in [-0.15, -0.1) is 0 Å². The topological polar surface area (TPSA) is 139 Å². The molecule has 3 aliphatic rings. The molecular formula is C68H51F6N9O2. The highest BCUT2D eigenvalue weighted by molar-refractivity contribution is 6.41. The van der Waals surface area contributed by atoms with Crippen LogP contribution in [-0.2, 0) is 46.9 Å². The van der Waals surface area contributed by atoms with Crippen molar-refractivity contribution in [1.82, 2.24) is 30.4 Å². The number of carbonyl (C=O) groups is 2. The van der Waals surface area contributed by atoms with Crippen LogP contribution in [0.3, 0.4) is 0 Å². The number of aromatic nitrogens is 4. The molecule has 0 unspecified atom stereocenters. The molecule has 6 heterocycles. The number of rotatable bonds is 12. The first-order valence-corrected chi connectivity index (χ1v) is 27.4. The molecule has 3 aliphatic heterocycles. The molecule has 0 bridgehead atoms. The number of carbonyl (C=O) groups excluding carboxylic acids is 2. The van der Waals surface area contributed by atoms with Gasteiger partial charge in [0.05, 0.1) is 52.4 Å². The zero-order valence-corrected chi connectivity index (χ0v) is 45.7. The Hall–Kier alpha value is -10.2. The predicted molar refractivity (Wildman–Crippen MR) is 315 cm³/mol. The Balaban J connectivity index is 0.000000185. The molecule has 0 aliphatic carbocycles. The lowest BCUT2D eigenvalue weighted by molar-refractivity contribution is -0.138. The highest BCUT2D eigenvalue weighted by Gasteiger charge is 2.42. The lowest BCUT2D eigenvalue weighted by Gasteiger charge is -2.37. The van der Waals surface area contributed by atoms with E-state index >= 15 is 0 Å². The molecule has 422 valence electrons. The third-order valence-corrected chi connectivity index (χ3v) is 15.6. The summed E-state index contributed by atoms with van der Waals surface area (Å²) in [7, 11) is 0. The molecule has 0 saturated carbocycles. The maximum Gasteiger partial charge on any atom is 0.416 e. The fourth-order valence-corrected chi connectivity index (χ4v) is 11.2. The van der Waals surface area contributed by atoms with Crippen LogP contribution in [0.4, 0.5) is 37.7 Å². The van der Waals surface area contributed by atoms with E-state index in [2.05, 4.69) is 77.7 Å². The molecular weight excluding hydrogens is 1090 g/mol. The van der Waals surface area contributed by atoms with E-state index in [1.54, 1.807) is 38.6 Å². The molecule has 2 N–H and O–H groups in total. The summed E-state index contributed by atoms with van der Waals surface area (Å²) in [5.41, 5.74) is 12.3. The average Bonchev–Trinajstić information content (AvgIpc) is 2.66. The highest BCUT2D eigenvalue weighted by Crippen LogP contribution is 2.46. The van der Waals surface area contributed by atoms with Crippen LogP contribution >= 0.6 is 0 Å². The van der Waals surface area contributed by atoms with Crippen molar-refractivity contribution in [1.29, 1.82) is 0 Å². The molecule has 13 rings (SSSR count). The Kier molecular flexibility index (Phi) is 14.7. The molecule has 0 saturated heterocycles. The van der Waals surface area contributed by atoms with E-state index in [4.69, 9.17) is 10.1 Å². The normalized spacial score (nSPS) is 14.2. The molecule has 0 fully saturated rings. The van der Waals surface area contributed by atoms with Crippen LogP contribution in [0.2, 0.25) is 0 Å². The van der Waals surface area contributed by atoms with Gasteiger partial charge in [-0.3, -0.25) is 24.5 Å². The summed E-state index contributed by atoms with van der Waals surface area (Å²) in [6, 6.07) is 55.3. The van der Waals surface area contributed by atoms with Gasteiger partial charge >= 0.3 is 12.4 Å². The summed E-state index contributed by atoms with van der Waals surface area (Å²) in [6.07, 6.45) is -1.22. The quantitative estimate of drug-likeness (QED) is 0.0926. The van der Waals surface area contributed by atoms with Gasteiger partial charge in [0.25, 0.3) is 11.8 Å². The minimum atomic E-state index is -4.43. The summed E-state index contributed by atoms with van der Waals surface area (Å²) < 4.78 is 79.8. The molecule has 3 aromatic heterocycles. The third-order valence-electron chi connectivity index (χ3n) is 15.6. The first-order chi connectivity index (χ1) is 41.0. The van der Waals surface area contributed by atoms with Crippen LogP contribution < -0.4 is 10.6 Å². The number of fused-ring (bicyclic) bond motifs is 4. The molecule has 10 aromatic rings. The lowest BCUT2D eigenvalue weighted by atomic mass is 9.77. The van der Waals surface area contributed by atoms with Crippen LogP contribution in [-0.4, -0.2) is 48.7 Å². The van der Waals surface area contributed by atoms with E-state index in [-0.39, 0.29) is 18.2 Å². The summed E-state index contributed by atoms with van der Waals surface area (Å²) in [5.74, 6) is -0.711. The SMILES string of the molecule is C[C@@H](NC(=O)C1=Nc2cc3c(-c4ccncc4)nn(C(c4ccccc4)(c4ccccc4)c4ccccc4)c3cc2C1)c1ccc(C(F)(F)F)cc1.C[C@@H](NC(=O)C1=Nc2cc3c(cc2C1)CN=C3c1ccncc1)c1ccc(C(F)(F)F)cc1. The zero-order valence-electron chi connectivity index (χ0n) is 45.7. The zero-order chi connectivity index (χ0) is 59.0. The van der Waals surface area contributed by atoms with Crippen molar-refractivity contribution >= 4 is 51.2 Å². The third kappa shape index (κ3) is 10.9. The van der Waals surface area contributed by atoms with E-state index < -0.39 is 41.1 Å². The van der Waals surface area contributed by atoms with E-state index in [0.29, 0.717) is 41.2 Å². The van der Waals surface area contributed by atoms with Gasteiger partial charge in [-0.25, -0.2) is 14.7 Å². The average molecular weight is 1140 g/mol. The van der Waals surface area contributed by atoms with Gasteiger partial charge in [-0.2, -0.15) is 31.4 Å². The van der Waals surface area contributed by atoms with Crippen molar-refractivity contribution in [2.45, 2.75) is 63.2 Å². The molecule has 2 atom stereocenters. The molecule has 2 amide bonds. The Bertz CT molecular complexity index is 4130. The summed E-state index contributed by atoms with van der Waals surface area (Å²) in [4.78, 5) is 48.7. The van der Waals surface area contributed by atoms with Gasteiger partial charge in [0.1, 0.15) is 22.7 Å². The fraction of sp³-hybridized carbons (Fsp3) is 0.147. The van der Waals surface area contributed by atoms with Crippen molar-refractivity contribution < 1.29 is 35.9 Å². The van der Waals surface area contributed by atoms with Crippen molar-refractivity contribution in [2.24, 2.45) is 15.0 Å². The minimum Gasteiger partial charge on any atom is -0.344 e. The number of aliphatic imine (C=N–C) groups is 3. The molecule has 11 nitrogen and oxygen atoms in total. The number of benzene rings is 7. The number of pyridine rings is 2. The van der Waals surface area contributed by atoms with Crippen LogP contribution in [0.1, 0.15) is 92.7 Å². The first kappa shape index (κ1) is 55.4. The highest BCUT2D eigenvalue weighted by atomic mass is 19.4. The van der Waals surface area contributed by atoms with Gasteiger partial charge in [0.15, 0.2) is 0 Å². The monoisotopic (exact) mass is 1140 g/mol. The summed E-state index contributed by atoms with van der Waals surface area (Å²) in [5, 5.41) is 12.1. The maximum absolute atomic E-state index is 13.6. The smallest absolute Gasteiger partial charge is 0.344 e. The number of hydrogen-bond acceptors (Lipinski definition) is 8. The second kappa shape index (κ2) is 22.5. The molecule has 0 radical (unpaired) electrons. The largest absolute Gasteiger partial charge is 0.416 e. The lowest BCUT2D eigenvalue weighted by Crippen LogP contribution is -2.38. The Morgan fingerprint density at radius 3 is 1.39 bits per heavy atom. The number of hydrogen-bond donors (Lipinski definition) is 2. The molecule has 7 aromatic carbocycles. The predicted octanol–water partition coefficient (Wildman–Crippen LogP) is 14.4. The number of nitrogens with zero attached hydrogens (tertiary/aromatic N) is 7. The van der Waals surface area contributed by atoms with Gasteiger partial charge in [-0.1, -0.05) is 121 Å². The van der Waals surface area contributed by atoms with Crippen LogP contribution in [0.5, 0.6) is 0 Å². The summed E-state index contributed by atoms with van der Waals surface area (Å²) >= 11 is 0. The Morgan fingerprint density at radius 2 is 0.929 bits per heavy atom. The van der Waals surface area contributed by atoms with E-state index in [9.17, 15) is 35.9 Å². The molecule has 85 heavy (non-hydrogen) atoms. The van der Waals surface area contributed by atoms with Crippen LogP contribution in [0.15, 0.2) is 228 Å². The second-order valence-electron chi connectivity index (χ2n) is 20.9. The van der Waals surface area contributed by atoms with Crippen molar-refractivity contribution in [3.8, 4) is 11.3 Å². The van der Waals surface area contributed by atoms with Crippen LogP contribution in [0, 0.1) is 0 Å². The first-order valence-electron chi connectivity index (χ1n) is 27.4. The van der Waals surface area contributed by atoms with E-state index in [1.165, 1.54) is 24.3 Å². The maximum atomic E-state index is 13.6. The fourth-order valence-electron chi connectivity index (χ4n) is 11.2. The van der Waals surface area contributed by atoms with E-state index in [0.717, 1.165) is 102 Å². The van der Waals surface area contributed by atoms with Crippen LogP contribution in [0.25, 0.3) is 22.2 Å². The number of halogens is 6. The van der Waals surface area contributed by atoms with Gasteiger partial charge in [0, 0.05) is 59.7 Å². The summed E-state index contributed by atoms with van der Waals surface area (Å²) in [6.45, 7) is 4.05. The van der Waals surface area contributed by atoms with Crippen molar-refractivity contribution in [2.75, 3.05) is 0 Å². The molecule has 17 heteroatoms. The minimum absolute atomic E-state index is 0.279. The number of alkyl halides is 6. The Labute approximate surface area is 484 Å².